The second-order valence-electron chi connectivity index (χ2n) is 7.20. The third-order valence-electron chi connectivity index (χ3n) is 4.91. The minimum atomic E-state index is -1.04. The first-order valence-corrected chi connectivity index (χ1v) is 9.85. The van der Waals surface area contributed by atoms with Crippen LogP contribution in [-0.4, -0.2) is 32.3 Å². The Kier molecular flexibility index (Phi) is 5.46. The topological polar surface area (TPSA) is 89.3 Å². The van der Waals surface area contributed by atoms with E-state index in [2.05, 4.69) is 22.1 Å². The van der Waals surface area contributed by atoms with Gasteiger partial charge in [-0.05, 0) is 43.4 Å². The summed E-state index contributed by atoms with van der Waals surface area (Å²) >= 11 is 0. The molecule has 150 valence electrons. The minimum absolute atomic E-state index is 0.247. The second-order valence-corrected chi connectivity index (χ2v) is 7.20. The van der Waals surface area contributed by atoms with Gasteiger partial charge >= 0.3 is 6.09 Å². The van der Waals surface area contributed by atoms with Crippen molar-refractivity contribution in [3.63, 3.8) is 0 Å². The van der Waals surface area contributed by atoms with Crippen LogP contribution in [0.15, 0.2) is 42.8 Å². The minimum Gasteiger partial charge on any atom is -0.501 e. The normalized spacial score (nSPS) is 13.8. The van der Waals surface area contributed by atoms with Crippen molar-refractivity contribution >= 4 is 23.2 Å². The van der Waals surface area contributed by atoms with Crippen LogP contribution in [0.3, 0.4) is 0 Å². The Hall–Kier alpha value is -3.35. The Morgan fingerprint density at radius 1 is 1.34 bits per heavy atom. The number of amides is 1. The molecule has 0 radical (unpaired) electrons. The maximum Gasteiger partial charge on any atom is 0.404 e. The number of aromatic nitrogens is 3. The number of carboxylic acid groups (broad SMARTS) is 1. The predicted octanol–water partition coefficient (Wildman–Crippen LogP) is 4.28. The van der Waals surface area contributed by atoms with Crippen molar-refractivity contribution in [1.82, 2.24) is 19.9 Å². The van der Waals surface area contributed by atoms with Crippen molar-refractivity contribution in [2.24, 2.45) is 5.92 Å². The van der Waals surface area contributed by atoms with Crippen LogP contribution in [0, 0.1) is 5.92 Å². The molecule has 0 aliphatic heterocycles. The van der Waals surface area contributed by atoms with Crippen molar-refractivity contribution in [2.75, 3.05) is 6.61 Å². The van der Waals surface area contributed by atoms with E-state index < -0.39 is 6.09 Å². The zero-order chi connectivity index (χ0) is 20.2. The lowest BCUT2D eigenvalue weighted by molar-refractivity contribution is 0.194. The number of rotatable bonds is 8. The molecule has 3 aromatic rings. The molecule has 2 heterocycles. The Balaban J connectivity index is 1.76. The molecular formula is C22H24N4O3. The molecule has 1 fully saturated rings. The molecule has 2 aromatic heterocycles. The van der Waals surface area contributed by atoms with Gasteiger partial charge in [0.2, 0.25) is 0 Å². The van der Waals surface area contributed by atoms with Crippen LogP contribution in [0.5, 0.6) is 0 Å². The third kappa shape index (κ3) is 4.56. The maximum atomic E-state index is 10.8. The standard InChI is InChI=1S/C22H24N4O3/c1-2-29-11-9-19-24-20(17-5-3-4-16(12-17)13-23-22(27)28)18-8-10-26(21(18)25-19)14-15-6-7-15/h3-5,8-12,15,23H,2,6-7,13-14H2,1H3,(H,27,28). The summed E-state index contributed by atoms with van der Waals surface area (Å²) in [5.41, 5.74) is 3.54. The lowest BCUT2D eigenvalue weighted by Gasteiger charge is -2.09. The average molecular weight is 392 g/mol. The highest BCUT2D eigenvalue weighted by Crippen LogP contribution is 2.33. The largest absolute Gasteiger partial charge is 0.501 e. The monoisotopic (exact) mass is 392 g/mol. The van der Waals surface area contributed by atoms with E-state index in [9.17, 15) is 4.79 Å². The van der Waals surface area contributed by atoms with Crippen molar-refractivity contribution < 1.29 is 14.6 Å². The van der Waals surface area contributed by atoms with Gasteiger partial charge in [-0.3, -0.25) is 0 Å². The van der Waals surface area contributed by atoms with Gasteiger partial charge < -0.3 is 19.7 Å². The number of hydrogen-bond acceptors (Lipinski definition) is 4. The van der Waals surface area contributed by atoms with Gasteiger partial charge in [-0.15, -0.1) is 0 Å². The highest BCUT2D eigenvalue weighted by Gasteiger charge is 2.23. The Morgan fingerprint density at radius 2 is 2.21 bits per heavy atom. The quantitative estimate of drug-likeness (QED) is 0.559. The molecule has 1 aliphatic rings. The first-order valence-electron chi connectivity index (χ1n) is 9.85. The highest BCUT2D eigenvalue weighted by molar-refractivity contribution is 5.91. The summed E-state index contributed by atoms with van der Waals surface area (Å²) in [5, 5.41) is 12.3. The molecule has 7 heteroatoms. The summed E-state index contributed by atoms with van der Waals surface area (Å²) in [4.78, 5) is 20.3. The number of ether oxygens (including phenoxy) is 1. The van der Waals surface area contributed by atoms with Crippen LogP contribution in [0.2, 0.25) is 0 Å². The number of fused-ring (bicyclic) bond motifs is 1. The van der Waals surface area contributed by atoms with E-state index >= 15 is 0 Å². The van der Waals surface area contributed by atoms with Crippen LogP contribution in [-0.2, 0) is 17.8 Å². The van der Waals surface area contributed by atoms with Gasteiger partial charge in [0, 0.05) is 36.3 Å². The molecular weight excluding hydrogens is 368 g/mol. The van der Waals surface area contributed by atoms with E-state index in [1.165, 1.54) is 12.8 Å². The van der Waals surface area contributed by atoms with Gasteiger partial charge in [-0.1, -0.05) is 18.2 Å². The Morgan fingerprint density at radius 3 is 2.97 bits per heavy atom. The molecule has 29 heavy (non-hydrogen) atoms. The summed E-state index contributed by atoms with van der Waals surface area (Å²) < 4.78 is 7.52. The molecule has 0 saturated heterocycles. The van der Waals surface area contributed by atoms with Crippen molar-refractivity contribution in [3.05, 3.63) is 54.2 Å². The van der Waals surface area contributed by atoms with Gasteiger partial charge in [0.1, 0.15) is 5.65 Å². The number of nitrogens with one attached hydrogen (secondary N) is 1. The number of carbonyl (C=O) groups is 1. The van der Waals surface area contributed by atoms with Gasteiger partial charge in [0.05, 0.1) is 18.6 Å². The van der Waals surface area contributed by atoms with Crippen molar-refractivity contribution in [1.29, 1.82) is 0 Å². The number of hydrogen-bond donors (Lipinski definition) is 2. The first kappa shape index (κ1) is 19.0. The zero-order valence-corrected chi connectivity index (χ0v) is 16.3. The number of benzene rings is 1. The SMILES string of the molecule is CCOC=Cc1nc(-c2cccc(CNC(=O)O)c2)c2ccn(CC3CC3)c2n1. The molecule has 0 spiro atoms. The molecule has 1 saturated carbocycles. The van der Waals surface area contributed by atoms with Crippen LogP contribution >= 0.6 is 0 Å². The van der Waals surface area contributed by atoms with Crippen molar-refractivity contribution in [3.8, 4) is 11.3 Å². The fraction of sp³-hybridized carbons (Fsp3) is 0.318. The first-order chi connectivity index (χ1) is 14.1. The summed E-state index contributed by atoms with van der Waals surface area (Å²) in [6.07, 6.45) is 6.97. The summed E-state index contributed by atoms with van der Waals surface area (Å²) in [6, 6.07) is 9.82. The van der Waals surface area contributed by atoms with Crippen LogP contribution in [0.25, 0.3) is 28.4 Å². The third-order valence-corrected chi connectivity index (χ3v) is 4.91. The highest BCUT2D eigenvalue weighted by atomic mass is 16.5. The predicted molar refractivity (Wildman–Crippen MR) is 111 cm³/mol. The van der Waals surface area contributed by atoms with Crippen LogP contribution < -0.4 is 5.32 Å². The van der Waals surface area contributed by atoms with Gasteiger partial charge in [-0.25, -0.2) is 14.8 Å². The van der Waals surface area contributed by atoms with E-state index in [1.807, 2.05) is 31.2 Å². The molecule has 4 rings (SSSR count). The Bertz CT molecular complexity index is 1050. The van der Waals surface area contributed by atoms with Crippen molar-refractivity contribution in [2.45, 2.75) is 32.9 Å². The fourth-order valence-corrected chi connectivity index (χ4v) is 3.31. The molecule has 0 unspecified atom stereocenters. The molecule has 1 amide bonds. The fourth-order valence-electron chi connectivity index (χ4n) is 3.31. The smallest absolute Gasteiger partial charge is 0.404 e. The van der Waals surface area contributed by atoms with E-state index in [0.717, 1.165) is 40.3 Å². The van der Waals surface area contributed by atoms with E-state index in [-0.39, 0.29) is 6.54 Å². The van der Waals surface area contributed by atoms with Gasteiger partial charge in [0.25, 0.3) is 0 Å². The van der Waals surface area contributed by atoms with Gasteiger partial charge in [0.15, 0.2) is 5.82 Å². The summed E-state index contributed by atoms with van der Waals surface area (Å²) in [6.45, 7) is 3.73. The lowest BCUT2D eigenvalue weighted by Crippen LogP contribution is -2.19. The molecule has 1 aliphatic carbocycles. The lowest BCUT2D eigenvalue weighted by atomic mass is 10.1. The number of nitrogens with zero attached hydrogens (tertiary/aromatic N) is 3. The maximum absolute atomic E-state index is 10.8. The summed E-state index contributed by atoms with van der Waals surface area (Å²) in [5.74, 6) is 1.32. The Labute approximate surface area is 169 Å². The molecule has 7 nitrogen and oxygen atoms in total. The van der Waals surface area contributed by atoms with Crippen LogP contribution in [0.4, 0.5) is 4.79 Å². The van der Waals surface area contributed by atoms with E-state index in [0.29, 0.717) is 12.4 Å². The molecule has 2 N–H and O–H groups in total. The molecule has 0 atom stereocenters. The van der Waals surface area contributed by atoms with Gasteiger partial charge in [-0.2, -0.15) is 0 Å². The van der Waals surface area contributed by atoms with Crippen LogP contribution in [0.1, 0.15) is 31.2 Å². The summed E-state index contributed by atoms with van der Waals surface area (Å²) in [7, 11) is 0. The van der Waals surface area contributed by atoms with E-state index in [4.69, 9.17) is 19.8 Å². The molecule has 1 aromatic carbocycles. The molecule has 0 bridgehead atoms. The average Bonchev–Trinajstić information content (AvgIpc) is 3.45. The second kappa shape index (κ2) is 8.34. The zero-order valence-electron chi connectivity index (χ0n) is 16.3. The van der Waals surface area contributed by atoms with E-state index in [1.54, 1.807) is 12.3 Å².